The van der Waals surface area contributed by atoms with Crippen molar-refractivity contribution in [3.05, 3.63) is 81.2 Å². The molecule has 0 saturated heterocycles. The Morgan fingerprint density at radius 2 is 1.89 bits per heavy atom. The lowest BCUT2D eigenvalue weighted by molar-refractivity contribution is -0.142. The zero-order valence-corrected chi connectivity index (χ0v) is 21.2. The predicted octanol–water partition coefficient (Wildman–Crippen LogP) is 4.28. The summed E-state index contributed by atoms with van der Waals surface area (Å²) in [6, 6.07) is 11.4. The van der Waals surface area contributed by atoms with Crippen LogP contribution < -0.4 is 15.4 Å². The fourth-order valence-corrected chi connectivity index (χ4v) is 4.46. The van der Waals surface area contributed by atoms with Crippen LogP contribution in [0.1, 0.15) is 33.7 Å². The average molecular weight is 529 g/mol. The number of carbonyl (C=O) groups excluding carboxylic acids is 2. The van der Waals surface area contributed by atoms with Gasteiger partial charge < -0.3 is 20.1 Å². The number of hydrogen-bond acceptors (Lipinski definition) is 7. The van der Waals surface area contributed by atoms with Crippen molar-refractivity contribution >= 4 is 40.9 Å². The van der Waals surface area contributed by atoms with E-state index in [1.807, 2.05) is 6.07 Å². The summed E-state index contributed by atoms with van der Waals surface area (Å²) in [6.07, 6.45) is 4.55. The third-order valence-corrected chi connectivity index (χ3v) is 6.40. The Hall–Kier alpha value is -3.36. The van der Waals surface area contributed by atoms with Gasteiger partial charge in [-0.2, -0.15) is 0 Å². The van der Waals surface area contributed by atoms with Crippen LogP contribution in [0.2, 0.25) is 10.0 Å². The third-order valence-electron chi connectivity index (χ3n) is 5.77. The van der Waals surface area contributed by atoms with Gasteiger partial charge >= 0.3 is 5.97 Å². The molecule has 36 heavy (non-hydrogen) atoms. The van der Waals surface area contributed by atoms with Gasteiger partial charge in [-0.25, -0.2) is 9.78 Å². The second-order valence-electron chi connectivity index (χ2n) is 8.27. The summed E-state index contributed by atoms with van der Waals surface area (Å²) in [5.41, 5.74) is 2.88. The zero-order valence-electron chi connectivity index (χ0n) is 19.7. The van der Waals surface area contributed by atoms with E-state index in [-0.39, 0.29) is 22.0 Å². The van der Waals surface area contributed by atoms with Crippen molar-refractivity contribution in [2.45, 2.75) is 31.7 Å². The predicted molar refractivity (Wildman–Crippen MR) is 138 cm³/mol. The van der Waals surface area contributed by atoms with Gasteiger partial charge in [-0.1, -0.05) is 35.3 Å². The van der Waals surface area contributed by atoms with Crippen molar-refractivity contribution < 1.29 is 19.1 Å². The van der Waals surface area contributed by atoms with Crippen LogP contribution in [-0.4, -0.2) is 48.1 Å². The number of aryl methyl sites for hydroxylation is 1. The highest BCUT2D eigenvalue weighted by Gasteiger charge is 2.25. The maximum atomic E-state index is 12.7. The van der Waals surface area contributed by atoms with E-state index < -0.39 is 17.9 Å². The summed E-state index contributed by atoms with van der Waals surface area (Å²) >= 11 is 12.2. The van der Waals surface area contributed by atoms with E-state index >= 15 is 0 Å². The minimum atomic E-state index is -0.974. The number of benzene rings is 1. The number of fused-ring (bicyclic) bond motifs is 1. The molecule has 3 heterocycles. The SMILES string of the molecule is COC(=O)C(Cc1ccc(OCCc2ccc3c(n2)NCCC3)cn1)NC(=O)c1c(Cl)cccc1Cl. The summed E-state index contributed by atoms with van der Waals surface area (Å²) in [7, 11) is 1.25. The Bertz CT molecular complexity index is 1220. The first kappa shape index (κ1) is 25.7. The van der Waals surface area contributed by atoms with Crippen LogP contribution in [0, 0.1) is 0 Å². The van der Waals surface area contributed by atoms with Gasteiger partial charge in [0.1, 0.15) is 17.6 Å². The lowest BCUT2D eigenvalue weighted by Gasteiger charge is -2.18. The fourth-order valence-electron chi connectivity index (χ4n) is 3.89. The van der Waals surface area contributed by atoms with E-state index in [9.17, 15) is 9.59 Å². The number of ether oxygens (including phenoxy) is 2. The second kappa shape index (κ2) is 12.1. The molecule has 1 aliphatic rings. The van der Waals surface area contributed by atoms with Gasteiger partial charge in [0.25, 0.3) is 5.91 Å². The van der Waals surface area contributed by atoms with Crippen molar-refractivity contribution in [1.29, 1.82) is 0 Å². The number of rotatable bonds is 9. The van der Waals surface area contributed by atoms with Crippen molar-refractivity contribution in [2.75, 3.05) is 25.6 Å². The summed E-state index contributed by atoms with van der Waals surface area (Å²) in [5, 5.41) is 6.34. The van der Waals surface area contributed by atoms with Crippen molar-refractivity contribution in [3.63, 3.8) is 0 Å². The molecule has 4 rings (SSSR count). The van der Waals surface area contributed by atoms with E-state index in [1.54, 1.807) is 36.5 Å². The van der Waals surface area contributed by atoms with E-state index in [0.29, 0.717) is 24.5 Å². The van der Waals surface area contributed by atoms with Crippen LogP contribution in [0.4, 0.5) is 5.82 Å². The normalized spacial score (nSPS) is 13.2. The average Bonchev–Trinajstić information content (AvgIpc) is 2.88. The van der Waals surface area contributed by atoms with Crippen LogP contribution >= 0.6 is 23.2 Å². The third kappa shape index (κ3) is 6.44. The molecule has 0 fully saturated rings. The first-order valence-electron chi connectivity index (χ1n) is 11.6. The number of halogens is 2. The number of hydrogen-bond donors (Lipinski definition) is 2. The van der Waals surface area contributed by atoms with Gasteiger partial charge in [-0.3, -0.25) is 9.78 Å². The Balaban J connectivity index is 1.34. The van der Waals surface area contributed by atoms with Crippen LogP contribution in [0.15, 0.2) is 48.7 Å². The molecule has 1 aliphatic heterocycles. The zero-order chi connectivity index (χ0) is 25.5. The fraction of sp³-hybridized carbons (Fsp3) is 0.308. The Morgan fingerprint density at radius 1 is 1.11 bits per heavy atom. The number of esters is 1. The lowest BCUT2D eigenvalue weighted by Crippen LogP contribution is -2.43. The molecule has 2 aromatic heterocycles. The highest BCUT2D eigenvalue weighted by atomic mass is 35.5. The lowest BCUT2D eigenvalue weighted by atomic mass is 10.1. The summed E-state index contributed by atoms with van der Waals surface area (Å²) in [4.78, 5) is 34.1. The minimum Gasteiger partial charge on any atom is -0.492 e. The number of amides is 1. The van der Waals surface area contributed by atoms with Gasteiger partial charge in [0.15, 0.2) is 0 Å². The smallest absolute Gasteiger partial charge is 0.328 e. The molecule has 0 spiro atoms. The van der Waals surface area contributed by atoms with Crippen LogP contribution in [-0.2, 0) is 28.8 Å². The largest absolute Gasteiger partial charge is 0.492 e. The summed E-state index contributed by atoms with van der Waals surface area (Å²) in [5.74, 6) is 0.373. The highest BCUT2D eigenvalue weighted by molar-refractivity contribution is 6.39. The van der Waals surface area contributed by atoms with E-state index in [0.717, 1.165) is 30.9 Å². The molecule has 0 radical (unpaired) electrons. The highest BCUT2D eigenvalue weighted by Crippen LogP contribution is 2.24. The van der Waals surface area contributed by atoms with Gasteiger partial charge in [0, 0.05) is 30.8 Å². The number of pyridine rings is 2. The number of nitrogens with one attached hydrogen (secondary N) is 2. The first-order chi connectivity index (χ1) is 17.4. The molecular formula is C26H26Cl2N4O4. The van der Waals surface area contributed by atoms with Crippen LogP contribution in [0.5, 0.6) is 5.75 Å². The maximum Gasteiger partial charge on any atom is 0.328 e. The monoisotopic (exact) mass is 528 g/mol. The number of carbonyl (C=O) groups is 2. The molecule has 8 nitrogen and oxygen atoms in total. The number of methoxy groups -OCH3 is 1. The second-order valence-corrected chi connectivity index (χ2v) is 9.09. The van der Waals surface area contributed by atoms with Gasteiger partial charge in [-0.05, 0) is 48.7 Å². The molecule has 0 aliphatic carbocycles. The topological polar surface area (TPSA) is 102 Å². The van der Waals surface area contributed by atoms with Crippen molar-refractivity contribution in [2.24, 2.45) is 0 Å². The van der Waals surface area contributed by atoms with Crippen LogP contribution in [0.3, 0.4) is 0 Å². The van der Waals surface area contributed by atoms with Gasteiger partial charge in [-0.15, -0.1) is 0 Å². The number of anilines is 1. The molecule has 10 heteroatoms. The molecule has 188 valence electrons. The molecule has 1 atom stereocenters. The molecule has 2 N–H and O–H groups in total. The molecular weight excluding hydrogens is 503 g/mol. The van der Waals surface area contributed by atoms with Crippen molar-refractivity contribution in [1.82, 2.24) is 15.3 Å². The minimum absolute atomic E-state index is 0.0932. The van der Waals surface area contributed by atoms with Crippen LogP contribution in [0.25, 0.3) is 0 Å². The maximum absolute atomic E-state index is 12.7. The quantitative estimate of drug-likeness (QED) is 0.399. The molecule has 1 unspecified atom stereocenters. The van der Waals surface area contributed by atoms with Crippen molar-refractivity contribution in [3.8, 4) is 5.75 Å². The van der Waals surface area contributed by atoms with E-state index in [4.69, 9.17) is 32.7 Å². The van der Waals surface area contributed by atoms with Gasteiger partial charge in [0.05, 0.1) is 35.5 Å². The molecule has 1 amide bonds. The molecule has 1 aromatic carbocycles. The Morgan fingerprint density at radius 3 is 2.61 bits per heavy atom. The van der Waals surface area contributed by atoms with Gasteiger partial charge in [0.2, 0.25) is 0 Å². The van der Waals surface area contributed by atoms with E-state index in [2.05, 4.69) is 26.7 Å². The Kier molecular flexibility index (Phi) is 8.61. The summed E-state index contributed by atoms with van der Waals surface area (Å²) < 4.78 is 10.7. The van der Waals surface area contributed by atoms with E-state index in [1.165, 1.54) is 12.7 Å². The molecule has 0 saturated carbocycles. The number of nitrogens with zero attached hydrogens (tertiary/aromatic N) is 2. The Labute approximate surface area is 219 Å². The first-order valence-corrected chi connectivity index (χ1v) is 12.3. The summed E-state index contributed by atoms with van der Waals surface area (Å²) in [6.45, 7) is 1.40. The molecule has 3 aromatic rings. The standard InChI is InChI=1S/C26H26Cl2N4O4/c1-35-26(34)22(32-25(33)23-20(27)5-2-6-21(23)28)14-18-9-10-19(15-30-18)36-13-11-17-8-7-16-4-3-12-29-24(16)31-17/h2,5-10,15,22H,3-4,11-14H2,1H3,(H,29,31)(H,32,33). The number of aromatic nitrogens is 2. The molecule has 0 bridgehead atoms.